The third-order valence-corrected chi connectivity index (χ3v) is 6.03. The molecule has 0 N–H and O–H groups in total. The number of hydrogen-bond donors (Lipinski definition) is 0. The van der Waals surface area contributed by atoms with Gasteiger partial charge in [0.05, 0.1) is 0 Å². The molecule has 2 saturated heterocycles. The van der Waals surface area contributed by atoms with Crippen molar-refractivity contribution in [1.29, 1.82) is 0 Å². The fourth-order valence-corrected chi connectivity index (χ4v) is 4.51. The van der Waals surface area contributed by atoms with Gasteiger partial charge >= 0.3 is 0 Å². The maximum Gasteiger partial charge on any atom is 0.0408 e. The molecule has 0 atom stereocenters. The summed E-state index contributed by atoms with van der Waals surface area (Å²) in [5.74, 6) is 2.80. The summed E-state index contributed by atoms with van der Waals surface area (Å²) in [6, 6.07) is 8.27. The molecule has 2 fully saturated rings. The average Bonchev–Trinajstić information content (AvgIpc) is 2.73. The molecule has 0 radical (unpaired) electrons. The van der Waals surface area contributed by atoms with Crippen LogP contribution in [0.4, 0.5) is 0 Å². The van der Waals surface area contributed by atoms with Crippen LogP contribution in [-0.4, -0.2) is 36.0 Å². The third-order valence-electron chi connectivity index (χ3n) is 4.16. The first-order valence-electron chi connectivity index (χ1n) is 6.80. The summed E-state index contributed by atoms with van der Waals surface area (Å²) in [6.07, 6.45) is 3.83. The van der Waals surface area contributed by atoms with Crippen molar-refractivity contribution in [3.63, 3.8) is 0 Å². The number of halogens is 1. The molecule has 0 aliphatic carbocycles. The Morgan fingerprint density at radius 1 is 1.33 bits per heavy atom. The first-order chi connectivity index (χ1) is 8.76. The van der Waals surface area contributed by atoms with Crippen molar-refractivity contribution in [2.45, 2.75) is 19.3 Å². The molecule has 0 bridgehead atoms. The highest BCUT2D eigenvalue weighted by molar-refractivity contribution is 8.00. The van der Waals surface area contributed by atoms with Crippen LogP contribution in [0.2, 0.25) is 5.02 Å². The Labute approximate surface area is 119 Å². The Balaban J connectivity index is 1.42. The van der Waals surface area contributed by atoms with Gasteiger partial charge < -0.3 is 4.90 Å². The van der Waals surface area contributed by atoms with Crippen LogP contribution in [0.25, 0.3) is 0 Å². The zero-order chi connectivity index (χ0) is 12.4. The lowest BCUT2D eigenvalue weighted by Gasteiger charge is -2.37. The number of hydrogen-bond acceptors (Lipinski definition) is 2. The van der Waals surface area contributed by atoms with Gasteiger partial charge in [-0.1, -0.05) is 23.7 Å². The summed E-state index contributed by atoms with van der Waals surface area (Å²) in [5.41, 5.74) is 2.08. The van der Waals surface area contributed by atoms with Crippen LogP contribution in [0.3, 0.4) is 0 Å². The number of benzene rings is 1. The predicted octanol–water partition coefficient (Wildman–Crippen LogP) is 3.71. The van der Waals surface area contributed by atoms with Crippen LogP contribution in [0.15, 0.2) is 24.3 Å². The summed E-state index contributed by atoms with van der Waals surface area (Å²) in [5, 5.41) is 0.860. The van der Waals surface area contributed by atoms with Gasteiger partial charge in [0.25, 0.3) is 0 Å². The van der Waals surface area contributed by atoms with E-state index in [1.165, 1.54) is 49.5 Å². The molecule has 2 aliphatic heterocycles. The van der Waals surface area contributed by atoms with Crippen LogP contribution in [0, 0.1) is 5.41 Å². The number of rotatable bonds is 4. The van der Waals surface area contributed by atoms with Gasteiger partial charge in [-0.25, -0.2) is 0 Å². The lowest BCUT2D eigenvalue weighted by atomic mass is 9.91. The smallest absolute Gasteiger partial charge is 0.0408 e. The van der Waals surface area contributed by atoms with Crippen molar-refractivity contribution in [3.8, 4) is 0 Å². The standard InChI is InChI=1S/C15H20ClNS/c16-14-5-1-3-13(9-14)4-2-7-17-8-6-15(10-17)11-18-12-15/h1,3,5,9H,2,4,6-8,10-12H2. The Morgan fingerprint density at radius 3 is 2.89 bits per heavy atom. The van der Waals surface area contributed by atoms with Gasteiger partial charge in [-0.15, -0.1) is 0 Å². The van der Waals surface area contributed by atoms with E-state index < -0.39 is 0 Å². The topological polar surface area (TPSA) is 3.24 Å². The van der Waals surface area contributed by atoms with Gasteiger partial charge in [0, 0.05) is 28.5 Å². The number of likely N-dealkylation sites (tertiary alicyclic amines) is 1. The SMILES string of the molecule is Clc1cccc(CCCN2CCC3(CSC3)C2)c1. The number of thioether (sulfide) groups is 1. The largest absolute Gasteiger partial charge is 0.303 e. The minimum atomic E-state index is 0.709. The molecule has 2 aliphatic rings. The van der Waals surface area contributed by atoms with Crippen LogP contribution < -0.4 is 0 Å². The Kier molecular flexibility index (Phi) is 3.88. The summed E-state index contributed by atoms with van der Waals surface area (Å²) >= 11 is 8.12. The summed E-state index contributed by atoms with van der Waals surface area (Å²) in [7, 11) is 0. The van der Waals surface area contributed by atoms with Crippen LogP contribution >= 0.6 is 23.4 Å². The summed E-state index contributed by atoms with van der Waals surface area (Å²) < 4.78 is 0. The zero-order valence-electron chi connectivity index (χ0n) is 10.7. The van der Waals surface area contributed by atoms with Crippen LogP contribution in [0.5, 0.6) is 0 Å². The normalized spacial score (nSPS) is 22.3. The molecule has 0 unspecified atom stereocenters. The van der Waals surface area contributed by atoms with Gasteiger partial charge in [-0.05, 0) is 50.0 Å². The third kappa shape index (κ3) is 2.87. The molecular weight excluding hydrogens is 262 g/mol. The summed E-state index contributed by atoms with van der Waals surface area (Å²) in [4.78, 5) is 2.66. The van der Waals surface area contributed by atoms with Crippen molar-refractivity contribution < 1.29 is 0 Å². The van der Waals surface area contributed by atoms with E-state index in [4.69, 9.17) is 11.6 Å². The fourth-order valence-electron chi connectivity index (χ4n) is 3.04. The van der Waals surface area contributed by atoms with E-state index in [1.807, 2.05) is 12.1 Å². The van der Waals surface area contributed by atoms with E-state index in [1.54, 1.807) is 0 Å². The van der Waals surface area contributed by atoms with E-state index in [9.17, 15) is 0 Å². The number of nitrogens with zero attached hydrogens (tertiary/aromatic N) is 1. The van der Waals surface area contributed by atoms with Gasteiger partial charge in [0.1, 0.15) is 0 Å². The molecule has 0 amide bonds. The molecule has 1 spiro atoms. The highest BCUT2D eigenvalue weighted by atomic mass is 35.5. The van der Waals surface area contributed by atoms with Crippen LogP contribution in [-0.2, 0) is 6.42 Å². The fraction of sp³-hybridized carbons (Fsp3) is 0.600. The maximum absolute atomic E-state index is 6.00. The molecule has 3 rings (SSSR count). The van der Waals surface area contributed by atoms with E-state index in [0.29, 0.717) is 5.41 Å². The Hall–Kier alpha value is -0.180. The average molecular weight is 282 g/mol. The Morgan fingerprint density at radius 2 is 2.22 bits per heavy atom. The molecule has 18 heavy (non-hydrogen) atoms. The zero-order valence-corrected chi connectivity index (χ0v) is 12.3. The second kappa shape index (κ2) is 5.44. The first-order valence-corrected chi connectivity index (χ1v) is 8.34. The second-order valence-electron chi connectivity index (χ2n) is 5.75. The van der Waals surface area contributed by atoms with Crippen molar-refractivity contribution in [2.24, 2.45) is 5.41 Å². The second-order valence-corrected chi connectivity index (χ2v) is 7.17. The van der Waals surface area contributed by atoms with Gasteiger partial charge in [-0.3, -0.25) is 0 Å². The van der Waals surface area contributed by atoms with Crippen molar-refractivity contribution in [1.82, 2.24) is 4.90 Å². The molecule has 98 valence electrons. The molecule has 1 aromatic carbocycles. The molecule has 0 saturated carbocycles. The molecule has 1 nitrogen and oxygen atoms in total. The van der Waals surface area contributed by atoms with Gasteiger partial charge in [0.15, 0.2) is 0 Å². The van der Waals surface area contributed by atoms with Gasteiger partial charge in [-0.2, -0.15) is 11.8 Å². The minimum absolute atomic E-state index is 0.709. The van der Waals surface area contributed by atoms with Crippen LogP contribution in [0.1, 0.15) is 18.4 Å². The van der Waals surface area contributed by atoms with Crippen molar-refractivity contribution in [2.75, 3.05) is 31.1 Å². The molecule has 2 heterocycles. The number of aryl methyl sites for hydroxylation is 1. The molecular formula is C15H20ClNS. The van der Waals surface area contributed by atoms with E-state index in [-0.39, 0.29) is 0 Å². The summed E-state index contributed by atoms with van der Waals surface area (Å²) in [6.45, 7) is 3.91. The maximum atomic E-state index is 6.00. The molecule has 1 aromatic rings. The quantitative estimate of drug-likeness (QED) is 0.828. The van der Waals surface area contributed by atoms with Crippen molar-refractivity contribution in [3.05, 3.63) is 34.9 Å². The molecule has 0 aromatic heterocycles. The Bertz CT molecular complexity index is 417. The lowest BCUT2D eigenvalue weighted by Crippen LogP contribution is -2.38. The molecule has 3 heteroatoms. The van der Waals surface area contributed by atoms with E-state index >= 15 is 0 Å². The van der Waals surface area contributed by atoms with E-state index in [0.717, 1.165) is 11.4 Å². The lowest BCUT2D eigenvalue weighted by molar-refractivity contribution is 0.286. The predicted molar refractivity (Wildman–Crippen MR) is 80.6 cm³/mol. The monoisotopic (exact) mass is 281 g/mol. The van der Waals surface area contributed by atoms with Crippen molar-refractivity contribution >= 4 is 23.4 Å². The van der Waals surface area contributed by atoms with Gasteiger partial charge in [0.2, 0.25) is 0 Å². The van der Waals surface area contributed by atoms with E-state index in [2.05, 4.69) is 28.8 Å². The minimum Gasteiger partial charge on any atom is -0.303 e. The first kappa shape index (κ1) is 12.8. The highest BCUT2D eigenvalue weighted by Gasteiger charge is 2.43. The highest BCUT2D eigenvalue weighted by Crippen LogP contribution is 2.45.